The van der Waals surface area contributed by atoms with Crippen LogP contribution in [0, 0.1) is 6.92 Å². The Morgan fingerprint density at radius 3 is 2.59 bits per heavy atom. The Balaban J connectivity index is 1.72. The number of para-hydroxylation sites is 1. The van der Waals surface area contributed by atoms with Gasteiger partial charge in [-0.1, -0.05) is 43.3 Å². The number of benzene rings is 2. The van der Waals surface area contributed by atoms with Gasteiger partial charge in [-0.15, -0.1) is 11.8 Å². The predicted molar refractivity (Wildman–Crippen MR) is 96.7 cm³/mol. The Morgan fingerprint density at radius 2 is 1.77 bits per heavy atom. The molecule has 1 unspecified atom stereocenters. The molecule has 22 heavy (non-hydrogen) atoms. The zero-order chi connectivity index (χ0) is 15.4. The van der Waals surface area contributed by atoms with Gasteiger partial charge < -0.3 is 5.32 Å². The predicted octanol–water partition coefficient (Wildman–Crippen LogP) is 5.14. The molecule has 0 spiro atoms. The Labute approximate surface area is 136 Å². The van der Waals surface area contributed by atoms with Crippen molar-refractivity contribution in [2.75, 3.05) is 11.9 Å². The number of aromatic nitrogens is 1. The lowest BCUT2D eigenvalue weighted by Crippen LogP contribution is -2.14. The van der Waals surface area contributed by atoms with Crippen molar-refractivity contribution in [2.24, 2.45) is 0 Å². The number of hydrogen-bond acceptors (Lipinski definition) is 3. The number of nitrogens with one attached hydrogen (secondary N) is 1. The smallest absolute Gasteiger partial charge is 0.0722 e. The highest BCUT2D eigenvalue weighted by molar-refractivity contribution is 8.00. The quantitative estimate of drug-likeness (QED) is 0.661. The van der Waals surface area contributed by atoms with E-state index in [1.165, 1.54) is 21.5 Å². The molecular formula is C19H20N2S. The first-order chi connectivity index (χ1) is 10.7. The van der Waals surface area contributed by atoms with Gasteiger partial charge in [0.25, 0.3) is 0 Å². The summed E-state index contributed by atoms with van der Waals surface area (Å²) >= 11 is 1.90. The number of pyridine rings is 1. The minimum atomic E-state index is 0.494. The number of thioether (sulfide) groups is 1. The maximum atomic E-state index is 4.49. The van der Waals surface area contributed by atoms with Crippen molar-refractivity contribution < 1.29 is 0 Å². The highest BCUT2D eigenvalue weighted by Gasteiger charge is 2.08. The molecule has 3 aromatic rings. The molecule has 0 bridgehead atoms. The standard InChI is InChI=1S/C19H20N2S/c1-14-12-20-18-11-7-6-10-17(18)19(14)21-13-15(2)22-16-8-4-3-5-9-16/h3-12,15H,13H2,1-2H3,(H,20,21). The van der Waals surface area contributed by atoms with Crippen LogP contribution < -0.4 is 5.32 Å². The van der Waals surface area contributed by atoms with Gasteiger partial charge in [-0.05, 0) is 30.7 Å². The van der Waals surface area contributed by atoms with Crippen LogP contribution >= 0.6 is 11.8 Å². The lowest BCUT2D eigenvalue weighted by Gasteiger charge is -2.16. The minimum Gasteiger partial charge on any atom is -0.383 e. The molecule has 0 amide bonds. The SMILES string of the molecule is Cc1cnc2ccccc2c1NCC(C)Sc1ccccc1. The Bertz CT molecular complexity index is 756. The second-order valence-electron chi connectivity index (χ2n) is 5.46. The van der Waals surface area contributed by atoms with E-state index in [-0.39, 0.29) is 0 Å². The van der Waals surface area contributed by atoms with Crippen molar-refractivity contribution in [1.29, 1.82) is 0 Å². The van der Waals surface area contributed by atoms with Crippen LogP contribution in [0.2, 0.25) is 0 Å². The summed E-state index contributed by atoms with van der Waals surface area (Å²) in [5, 5.41) is 5.30. The topological polar surface area (TPSA) is 24.9 Å². The van der Waals surface area contributed by atoms with Crippen LogP contribution in [0.25, 0.3) is 10.9 Å². The molecule has 0 aliphatic carbocycles. The zero-order valence-corrected chi connectivity index (χ0v) is 13.7. The maximum Gasteiger partial charge on any atom is 0.0722 e. The van der Waals surface area contributed by atoms with Crippen molar-refractivity contribution in [3.63, 3.8) is 0 Å². The minimum absolute atomic E-state index is 0.494. The van der Waals surface area contributed by atoms with Crippen molar-refractivity contribution in [2.45, 2.75) is 24.0 Å². The van der Waals surface area contributed by atoms with E-state index in [0.717, 1.165) is 12.1 Å². The van der Waals surface area contributed by atoms with Gasteiger partial charge in [-0.25, -0.2) is 0 Å². The fraction of sp³-hybridized carbons (Fsp3) is 0.211. The third-order valence-electron chi connectivity index (χ3n) is 3.61. The van der Waals surface area contributed by atoms with E-state index < -0.39 is 0 Å². The monoisotopic (exact) mass is 308 g/mol. The maximum absolute atomic E-state index is 4.49. The van der Waals surface area contributed by atoms with Gasteiger partial charge in [0.05, 0.1) is 5.52 Å². The molecule has 0 saturated heterocycles. The Kier molecular flexibility index (Phi) is 4.64. The lowest BCUT2D eigenvalue weighted by atomic mass is 10.1. The zero-order valence-electron chi connectivity index (χ0n) is 12.9. The molecule has 3 heteroatoms. The summed E-state index contributed by atoms with van der Waals surface area (Å²) in [5.74, 6) is 0. The second kappa shape index (κ2) is 6.84. The van der Waals surface area contributed by atoms with E-state index in [9.17, 15) is 0 Å². The van der Waals surface area contributed by atoms with E-state index in [0.29, 0.717) is 5.25 Å². The van der Waals surface area contributed by atoms with Crippen LogP contribution in [-0.4, -0.2) is 16.8 Å². The molecule has 1 heterocycles. The van der Waals surface area contributed by atoms with Crippen LogP contribution in [0.15, 0.2) is 65.7 Å². The molecule has 112 valence electrons. The van der Waals surface area contributed by atoms with Gasteiger partial charge in [-0.2, -0.15) is 0 Å². The summed E-state index contributed by atoms with van der Waals surface area (Å²) in [7, 11) is 0. The molecule has 2 nitrogen and oxygen atoms in total. The number of rotatable bonds is 5. The first-order valence-electron chi connectivity index (χ1n) is 7.54. The van der Waals surface area contributed by atoms with Crippen molar-refractivity contribution in [3.05, 3.63) is 66.4 Å². The summed E-state index contributed by atoms with van der Waals surface area (Å²) in [5.41, 5.74) is 3.43. The third-order valence-corrected chi connectivity index (χ3v) is 4.73. The van der Waals surface area contributed by atoms with Crippen molar-refractivity contribution in [1.82, 2.24) is 4.98 Å². The fourth-order valence-electron chi connectivity index (χ4n) is 2.49. The number of nitrogens with zero attached hydrogens (tertiary/aromatic N) is 1. The van der Waals surface area contributed by atoms with Crippen LogP contribution in [0.4, 0.5) is 5.69 Å². The van der Waals surface area contributed by atoms with Gasteiger partial charge in [0.2, 0.25) is 0 Å². The van der Waals surface area contributed by atoms with E-state index in [1.54, 1.807) is 0 Å². The first-order valence-corrected chi connectivity index (χ1v) is 8.42. The molecule has 3 rings (SSSR count). The van der Waals surface area contributed by atoms with Crippen LogP contribution in [0.5, 0.6) is 0 Å². The molecule has 0 aliphatic rings. The van der Waals surface area contributed by atoms with E-state index in [1.807, 2.05) is 24.0 Å². The van der Waals surface area contributed by atoms with E-state index in [4.69, 9.17) is 0 Å². The van der Waals surface area contributed by atoms with Gasteiger partial charge in [0.15, 0.2) is 0 Å². The van der Waals surface area contributed by atoms with Crippen LogP contribution in [0.1, 0.15) is 12.5 Å². The van der Waals surface area contributed by atoms with E-state index >= 15 is 0 Å². The summed E-state index contributed by atoms with van der Waals surface area (Å²) < 4.78 is 0. The number of anilines is 1. The van der Waals surface area contributed by atoms with Gasteiger partial charge in [0, 0.05) is 34.0 Å². The number of hydrogen-bond donors (Lipinski definition) is 1. The van der Waals surface area contributed by atoms with Crippen LogP contribution in [0.3, 0.4) is 0 Å². The molecule has 1 atom stereocenters. The molecule has 0 radical (unpaired) electrons. The largest absolute Gasteiger partial charge is 0.383 e. The van der Waals surface area contributed by atoms with Gasteiger partial charge >= 0.3 is 0 Å². The van der Waals surface area contributed by atoms with Gasteiger partial charge in [0.1, 0.15) is 0 Å². The summed E-state index contributed by atoms with van der Waals surface area (Å²) in [4.78, 5) is 5.80. The molecule has 1 N–H and O–H groups in total. The lowest BCUT2D eigenvalue weighted by molar-refractivity contribution is 0.997. The van der Waals surface area contributed by atoms with Crippen molar-refractivity contribution >= 4 is 28.4 Å². The highest BCUT2D eigenvalue weighted by Crippen LogP contribution is 2.27. The normalized spacial score (nSPS) is 12.3. The number of fused-ring (bicyclic) bond motifs is 1. The average molecular weight is 308 g/mol. The van der Waals surface area contributed by atoms with Gasteiger partial charge in [-0.3, -0.25) is 4.98 Å². The molecule has 0 fully saturated rings. The molecular weight excluding hydrogens is 288 g/mol. The summed E-state index contributed by atoms with van der Waals surface area (Å²) in [6, 6.07) is 18.8. The molecule has 0 aliphatic heterocycles. The Hall–Kier alpha value is -2.00. The fourth-order valence-corrected chi connectivity index (χ4v) is 3.44. The molecule has 1 aromatic heterocycles. The highest BCUT2D eigenvalue weighted by atomic mass is 32.2. The van der Waals surface area contributed by atoms with E-state index in [2.05, 4.69) is 72.7 Å². The first kappa shape index (κ1) is 14.9. The van der Waals surface area contributed by atoms with Crippen molar-refractivity contribution in [3.8, 4) is 0 Å². The third kappa shape index (κ3) is 3.42. The molecule has 2 aromatic carbocycles. The Morgan fingerprint density at radius 1 is 1.05 bits per heavy atom. The summed E-state index contributed by atoms with van der Waals surface area (Å²) in [6.07, 6.45) is 1.94. The average Bonchev–Trinajstić information content (AvgIpc) is 2.55. The number of aryl methyl sites for hydroxylation is 1. The summed E-state index contributed by atoms with van der Waals surface area (Å²) in [6.45, 7) is 5.29. The molecule has 0 saturated carbocycles. The van der Waals surface area contributed by atoms with Crippen LogP contribution in [-0.2, 0) is 0 Å². The second-order valence-corrected chi connectivity index (χ2v) is 6.97.